The normalized spacial score (nSPS) is 16.1. The highest BCUT2D eigenvalue weighted by Gasteiger charge is 2.17. The van der Waals surface area contributed by atoms with Crippen LogP contribution in [0.1, 0.15) is 26.7 Å². The van der Waals surface area contributed by atoms with Crippen molar-refractivity contribution < 1.29 is 0 Å². The van der Waals surface area contributed by atoms with Crippen LogP contribution in [0.5, 0.6) is 0 Å². The highest BCUT2D eigenvalue weighted by atomic mass is 15.2. The minimum Gasteiger partial charge on any atom is -0.369 e. The van der Waals surface area contributed by atoms with Gasteiger partial charge >= 0.3 is 0 Å². The van der Waals surface area contributed by atoms with Crippen LogP contribution in [-0.4, -0.2) is 36.1 Å². The Hall–Kier alpha value is -1.36. The molecule has 1 aromatic rings. The first-order chi connectivity index (χ1) is 8.61. The Morgan fingerprint density at radius 1 is 1.33 bits per heavy atom. The molecule has 1 saturated heterocycles. The second-order valence-corrected chi connectivity index (χ2v) is 5.68. The molecule has 0 spiro atoms. The van der Waals surface area contributed by atoms with E-state index in [-0.39, 0.29) is 5.41 Å². The monoisotopic (exact) mass is 249 g/mol. The minimum atomic E-state index is 0.0821. The number of rotatable bonds is 5. The highest BCUT2D eigenvalue weighted by Crippen LogP contribution is 2.20. The predicted octanol–water partition coefficient (Wildman–Crippen LogP) is 1.47. The van der Waals surface area contributed by atoms with Crippen molar-refractivity contribution in [1.29, 1.82) is 0 Å². The van der Waals surface area contributed by atoms with E-state index in [1.54, 1.807) is 6.33 Å². The van der Waals surface area contributed by atoms with Gasteiger partial charge in [-0.3, -0.25) is 0 Å². The van der Waals surface area contributed by atoms with Crippen LogP contribution in [0, 0.1) is 5.41 Å². The van der Waals surface area contributed by atoms with Crippen molar-refractivity contribution in [2.45, 2.75) is 26.7 Å². The molecule has 0 radical (unpaired) electrons. The molecule has 2 rings (SSSR count). The van der Waals surface area contributed by atoms with Gasteiger partial charge in [-0.25, -0.2) is 9.97 Å². The van der Waals surface area contributed by atoms with Crippen LogP contribution in [0.15, 0.2) is 12.4 Å². The first-order valence-electron chi connectivity index (χ1n) is 6.62. The zero-order valence-electron chi connectivity index (χ0n) is 11.3. The van der Waals surface area contributed by atoms with Crippen molar-refractivity contribution >= 4 is 11.6 Å². The molecule has 0 aromatic carbocycles. The maximum Gasteiger partial charge on any atom is 0.134 e. The van der Waals surface area contributed by atoms with Crippen LogP contribution in [0.25, 0.3) is 0 Å². The summed E-state index contributed by atoms with van der Waals surface area (Å²) in [5.74, 6) is 1.91. The van der Waals surface area contributed by atoms with E-state index >= 15 is 0 Å². The van der Waals surface area contributed by atoms with Crippen molar-refractivity contribution in [2.24, 2.45) is 11.1 Å². The maximum atomic E-state index is 5.72. The lowest BCUT2D eigenvalue weighted by atomic mass is 9.94. The number of aromatic nitrogens is 2. The third-order valence-corrected chi connectivity index (χ3v) is 3.38. The lowest BCUT2D eigenvalue weighted by Crippen LogP contribution is -2.31. The molecule has 5 nitrogen and oxygen atoms in total. The Morgan fingerprint density at radius 2 is 2.06 bits per heavy atom. The van der Waals surface area contributed by atoms with E-state index in [1.807, 2.05) is 6.07 Å². The van der Waals surface area contributed by atoms with Crippen LogP contribution < -0.4 is 16.0 Å². The summed E-state index contributed by atoms with van der Waals surface area (Å²) in [5.41, 5.74) is 5.80. The average Bonchev–Trinajstić information content (AvgIpc) is 2.91. The first-order valence-corrected chi connectivity index (χ1v) is 6.62. The summed E-state index contributed by atoms with van der Waals surface area (Å²) in [7, 11) is 0. The van der Waals surface area contributed by atoms with Crippen molar-refractivity contribution in [1.82, 2.24) is 9.97 Å². The fourth-order valence-electron chi connectivity index (χ4n) is 1.96. The number of anilines is 2. The molecule has 0 saturated carbocycles. The second-order valence-electron chi connectivity index (χ2n) is 5.68. The smallest absolute Gasteiger partial charge is 0.134 e. The summed E-state index contributed by atoms with van der Waals surface area (Å²) in [6.07, 6.45) is 4.14. The molecule has 0 bridgehead atoms. The molecule has 0 aliphatic carbocycles. The Kier molecular flexibility index (Phi) is 4.01. The van der Waals surface area contributed by atoms with E-state index in [2.05, 4.69) is 34.0 Å². The molecule has 1 aliphatic heterocycles. The molecule has 1 fully saturated rings. The summed E-state index contributed by atoms with van der Waals surface area (Å²) in [4.78, 5) is 10.9. The number of nitrogens with one attached hydrogen (secondary N) is 1. The number of hydrogen-bond donors (Lipinski definition) is 2. The molecule has 5 heteroatoms. The lowest BCUT2D eigenvalue weighted by Gasteiger charge is -2.23. The largest absolute Gasteiger partial charge is 0.369 e. The van der Waals surface area contributed by atoms with E-state index in [0.717, 1.165) is 31.3 Å². The second kappa shape index (κ2) is 5.52. The standard InChI is InChI=1S/C13H23N5/c1-13(2,8-14)9-15-11-7-12(17-10-16-11)18-5-3-4-6-18/h7,10H,3-6,8-9,14H2,1-2H3,(H,15,16,17). The van der Waals surface area contributed by atoms with Crippen LogP contribution in [-0.2, 0) is 0 Å². The Labute approximate surface area is 109 Å². The predicted molar refractivity (Wildman–Crippen MR) is 74.8 cm³/mol. The summed E-state index contributed by atoms with van der Waals surface area (Å²) >= 11 is 0. The zero-order valence-corrected chi connectivity index (χ0v) is 11.3. The van der Waals surface area contributed by atoms with Gasteiger partial charge in [0.25, 0.3) is 0 Å². The van der Waals surface area contributed by atoms with Gasteiger partial charge < -0.3 is 16.0 Å². The summed E-state index contributed by atoms with van der Waals surface area (Å²) in [6.45, 7) is 7.96. The van der Waals surface area contributed by atoms with Gasteiger partial charge in [0, 0.05) is 25.7 Å². The molecule has 2 heterocycles. The lowest BCUT2D eigenvalue weighted by molar-refractivity contribution is 0.405. The van der Waals surface area contributed by atoms with E-state index in [9.17, 15) is 0 Å². The molecule has 0 atom stereocenters. The quantitative estimate of drug-likeness (QED) is 0.827. The van der Waals surface area contributed by atoms with Crippen molar-refractivity contribution in [2.75, 3.05) is 36.4 Å². The first kappa shape index (κ1) is 13.1. The van der Waals surface area contributed by atoms with Gasteiger partial charge in [-0.15, -0.1) is 0 Å². The summed E-state index contributed by atoms with van der Waals surface area (Å²) in [5, 5.41) is 3.34. The Morgan fingerprint density at radius 3 is 2.72 bits per heavy atom. The third kappa shape index (κ3) is 3.32. The van der Waals surface area contributed by atoms with E-state index < -0.39 is 0 Å². The molecule has 1 aliphatic rings. The van der Waals surface area contributed by atoms with Gasteiger partial charge in [-0.1, -0.05) is 13.8 Å². The minimum absolute atomic E-state index is 0.0821. The van der Waals surface area contributed by atoms with Gasteiger partial charge in [0.2, 0.25) is 0 Å². The molecule has 0 unspecified atom stereocenters. The number of nitrogens with zero attached hydrogens (tertiary/aromatic N) is 3. The topological polar surface area (TPSA) is 67.1 Å². The number of nitrogens with two attached hydrogens (primary N) is 1. The van der Waals surface area contributed by atoms with Gasteiger partial charge in [-0.05, 0) is 24.8 Å². The number of hydrogen-bond acceptors (Lipinski definition) is 5. The van der Waals surface area contributed by atoms with E-state index in [0.29, 0.717) is 6.54 Å². The van der Waals surface area contributed by atoms with Crippen LogP contribution in [0.2, 0.25) is 0 Å². The molecule has 100 valence electrons. The molecular weight excluding hydrogens is 226 g/mol. The van der Waals surface area contributed by atoms with Crippen molar-refractivity contribution in [3.8, 4) is 0 Å². The molecular formula is C13H23N5. The zero-order chi connectivity index (χ0) is 13.0. The maximum absolute atomic E-state index is 5.72. The fraction of sp³-hybridized carbons (Fsp3) is 0.692. The SMILES string of the molecule is CC(C)(CN)CNc1cc(N2CCCC2)ncn1. The molecule has 1 aromatic heterocycles. The Bertz CT molecular complexity index is 385. The molecule has 0 amide bonds. The molecule has 3 N–H and O–H groups in total. The van der Waals surface area contributed by atoms with Crippen LogP contribution in [0.4, 0.5) is 11.6 Å². The van der Waals surface area contributed by atoms with Gasteiger partial charge in [0.1, 0.15) is 18.0 Å². The summed E-state index contributed by atoms with van der Waals surface area (Å²) in [6, 6.07) is 2.03. The van der Waals surface area contributed by atoms with Gasteiger partial charge in [-0.2, -0.15) is 0 Å². The van der Waals surface area contributed by atoms with Crippen LogP contribution in [0.3, 0.4) is 0 Å². The molecule has 18 heavy (non-hydrogen) atoms. The van der Waals surface area contributed by atoms with Crippen LogP contribution >= 0.6 is 0 Å². The van der Waals surface area contributed by atoms with Gasteiger partial charge in [0.15, 0.2) is 0 Å². The van der Waals surface area contributed by atoms with Gasteiger partial charge in [0.05, 0.1) is 0 Å². The Balaban J connectivity index is 1.99. The fourth-order valence-corrected chi connectivity index (χ4v) is 1.96. The van der Waals surface area contributed by atoms with E-state index in [4.69, 9.17) is 5.73 Å². The third-order valence-electron chi connectivity index (χ3n) is 3.38. The van der Waals surface area contributed by atoms with Crippen molar-refractivity contribution in [3.05, 3.63) is 12.4 Å². The average molecular weight is 249 g/mol. The van der Waals surface area contributed by atoms with E-state index in [1.165, 1.54) is 12.8 Å². The summed E-state index contributed by atoms with van der Waals surface area (Å²) < 4.78 is 0. The highest BCUT2D eigenvalue weighted by molar-refractivity contribution is 5.48. The van der Waals surface area contributed by atoms with Crippen molar-refractivity contribution in [3.63, 3.8) is 0 Å².